The molecule has 4 nitrogen and oxygen atoms in total. The number of rotatable bonds is 5. The van der Waals surface area contributed by atoms with Gasteiger partial charge in [0.25, 0.3) is 0 Å². The van der Waals surface area contributed by atoms with Gasteiger partial charge in [0.15, 0.2) is 7.26 Å². The molecule has 0 atom stereocenters. The molecule has 0 aliphatic rings. The van der Waals surface area contributed by atoms with Gasteiger partial charge in [0.1, 0.15) is 15.9 Å². The molecule has 0 saturated heterocycles. The Hall–Kier alpha value is -3.23. The lowest BCUT2D eigenvalue weighted by atomic mass is 10.2. The summed E-state index contributed by atoms with van der Waals surface area (Å²) >= 11 is 0. The number of carboxylic acid groups (broad SMARTS) is 1. The van der Waals surface area contributed by atoms with Crippen LogP contribution in [0.2, 0.25) is 0 Å². The quantitative estimate of drug-likeness (QED) is 0.504. The van der Waals surface area contributed by atoms with Crippen molar-refractivity contribution in [3.63, 3.8) is 0 Å². The fourth-order valence-electron chi connectivity index (χ4n) is 3.76. The number of aromatic carboxylic acids is 1. The molecule has 5 heteroatoms. The van der Waals surface area contributed by atoms with Crippen molar-refractivity contribution >= 4 is 34.6 Å². The van der Waals surface area contributed by atoms with E-state index in [2.05, 4.69) is 65.4 Å². The highest BCUT2D eigenvalue weighted by molar-refractivity contribution is 8.01. The molecule has 1 aromatic heterocycles. The molecule has 0 unspecified atom stereocenters. The third-order valence-corrected chi connectivity index (χ3v) is 9.38. The Balaban J connectivity index is 2.15. The highest BCUT2D eigenvalue weighted by Gasteiger charge is 2.51. The molecule has 0 aliphatic heterocycles. The Morgan fingerprint density at radius 1 is 0.793 bits per heavy atom. The number of H-pyrrole nitrogens is 1. The number of carbonyl (C=O) groups is 1. The van der Waals surface area contributed by atoms with E-state index in [0.29, 0.717) is 0 Å². The Morgan fingerprint density at radius 2 is 1.28 bits per heavy atom. The number of hydrogen-bond donors (Lipinski definition) is 2. The summed E-state index contributed by atoms with van der Waals surface area (Å²) in [5.74, 6) is -1.08. The minimum absolute atomic E-state index is 0.0270. The first-order valence-electron chi connectivity index (χ1n) is 9.41. The average molecular weight is 401 g/mol. The van der Waals surface area contributed by atoms with E-state index in [1.807, 2.05) is 43.3 Å². The summed E-state index contributed by atoms with van der Waals surface area (Å²) in [4.78, 5) is 19.3. The molecule has 0 fully saturated rings. The molecular weight excluding hydrogens is 379 g/mol. The van der Waals surface area contributed by atoms with Crippen molar-refractivity contribution in [2.45, 2.75) is 13.8 Å². The molecule has 144 valence electrons. The Kier molecular flexibility index (Phi) is 5.04. The summed E-state index contributed by atoms with van der Waals surface area (Å²) in [5.41, 5.74) is 2.76. The van der Waals surface area contributed by atoms with Gasteiger partial charge in [0.05, 0.1) is 5.69 Å². The van der Waals surface area contributed by atoms with Crippen LogP contribution in [0.4, 0.5) is 0 Å². The SMILES string of the molecule is Cc1ccc([P+](c2ccccc2)(c2ccccc2)c2nc(C(=O)O)[nH]c2C)cc1. The zero-order valence-electron chi connectivity index (χ0n) is 16.3. The lowest BCUT2D eigenvalue weighted by Gasteiger charge is -2.26. The van der Waals surface area contributed by atoms with Crippen LogP contribution in [0.5, 0.6) is 0 Å². The number of aromatic nitrogens is 2. The molecule has 29 heavy (non-hydrogen) atoms. The highest BCUT2D eigenvalue weighted by atomic mass is 31.2. The van der Waals surface area contributed by atoms with Gasteiger partial charge < -0.3 is 10.1 Å². The normalized spacial score (nSPS) is 11.4. The minimum Gasteiger partial charge on any atom is -0.475 e. The number of nitrogens with one attached hydrogen (secondary N) is 1. The van der Waals surface area contributed by atoms with Gasteiger partial charge in [-0.2, -0.15) is 4.98 Å². The van der Waals surface area contributed by atoms with E-state index in [-0.39, 0.29) is 5.82 Å². The number of nitrogens with zero attached hydrogens (tertiary/aromatic N) is 1. The van der Waals surface area contributed by atoms with E-state index in [1.54, 1.807) is 0 Å². The third kappa shape index (κ3) is 3.26. The lowest BCUT2D eigenvalue weighted by Crippen LogP contribution is -2.40. The largest absolute Gasteiger partial charge is 0.475 e. The smallest absolute Gasteiger partial charge is 0.372 e. The molecule has 3 aromatic carbocycles. The van der Waals surface area contributed by atoms with E-state index in [0.717, 1.165) is 27.0 Å². The summed E-state index contributed by atoms with van der Waals surface area (Å²) in [5, 5.41) is 13.0. The summed E-state index contributed by atoms with van der Waals surface area (Å²) < 4.78 is 0. The van der Waals surface area contributed by atoms with Crippen molar-refractivity contribution in [2.75, 3.05) is 0 Å². The first-order chi connectivity index (χ1) is 14.0. The van der Waals surface area contributed by atoms with Gasteiger partial charge >= 0.3 is 5.97 Å². The van der Waals surface area contributed by atoms with Crippen molar-refractivity contribution in [3.8, 4) is 0 Å². The van der Waals surface area contributed by atoms with Gasteiger partial charge in [0.2, 0.25) is 11.3 Å². The number of hydrogen-bond acceptors (Lipinski definition) is 2. The van der Waals surface area contributed by atoms with Gasteiger partial charge in [-0.1, -0.05) is 54.1 Å². The monoisotopic (exact) mass is 401 g/mol. The van der Waals surface area contributed by atoms with Crippen molar-refractivity contribution in [2.24, 2.45) is 0 Å². The molecule has 0 amide bonds. The second-order valence-corrected chi connectivity index (χ2v) is 10.3. The molecule has 0 spiro atoms. The fraction of sp³-hybridized carbons (Fsp3) is 0.0833. The van der Waals surface area contributed by atoms with Crippen LogP contribution in [-0.4, -0.2) is 21.0 Å². The minimum atomic E-state index is -2.39. The van der Waals surface area contributed by atoms with Gasteiger partial charge in [-0.25, -0.2) is 4.79 Å². The van der Waals surface area contributed by atoms with Crippen LogP contribution in [0.25, 0.3) is 0 Å². The van der Waals surface area contributed by atoms with Crippen molar-refractivity contribution in [1.29, 1.82) is 0 Å². The molecule has 4 aromatic rings. The van der Waals surface area contributed by atoms with Gasteiger partial charge in [0, 0.05) is 0 Å². The van der Waals surface area contributed by atoms with Crippen LogP contribution in [-0.2, 0) is 0 Å². The number of benzene rings is 3. The molecule has 0 radical (unpaired) electrons. The number of imidazole rings is 1. The van der Waals surface area contributed by atoms with E-state index in [9.17, 15) is 9.90 Å². The van der Waals surface area contributed by atoms with Crippen molar-refractivity contribution in [3.05, 3.63) is 102 Å². The summed E-state index contributed by atoms with van der Waals surface area (Å²) in [6.07, 6.45) is 0. The third-order valence-electron chi connectivity index (χ3n) is 5.09. The maximum atomic E-state index is 11.7. The number of carboxylic acids is 1. The molecular formula is C24H22N2O2P+. The number of aryl methyl sites for hydroxylation is 2. The second-order valence-electron chi connectivity index (χ2n) is 7.02. The topological polar surface area (TPSA) is 66.0 Å². The number of aromatic amines is 1. The molecule has 4 rings (SSSR count). The highest BCUT2D eigenvalue weighted by Crippen LogP contribution is 2.54. The molecule has 0 saturated carbocycles. The average Bonchev–Trinajstić information content (AvgIpc) is 3.14. The molecule has 0 bridgehead atoms. The molecule has 0 aliphatic carbocycles. The maximum absolute atomic E-state index is 11.7. The predicted octanol–water partition coefficient (Wildman–Crippen LogP) is 3.34. The fourth-order valence-corrected chi connectivity index (χ4v) is 8.04. The van der Waals surface area contributed by atoms with Gasteiger partial charge in [-0.05, 0) is 50.2 Å². The van der Waals surface area contributed by atoms with Crippen molar-refractivity contribution in [1.82, 2.24) is 9.97 Å². The van der Waals surface area contributed by atoms with E-state index >= 15 is 0 Å². The van der Waals surface area contributed by atoms with Gasteiger partial charge in [-0.3, -0.25) is 0 Å². The second kappa shape index (κ2) is 7.65. The van der Waals surface area contributed by atoms with Crippen LogP contribution in [0.3, 0.4) is 0 Å². The van der Waals surface area contributed by atoms with Crippen LogP contribution >= 0.6 is 7.26 Å². The zero-order chi connectivity index (χ0) is 20.4. The van der Waals surface area contributed by atoms with Gasteiger partial charge in [-0.15, -0.1) is 0 Å². The van der Waals surface area contributed by atoms with Crippen LogP contribution in [0, 0.1) is 13.8 Å². The van der Waals surface area contributed by atoms with E-state index in [4.69, 9.17) is 0 Å². The van der Waals surface area contributed by atoms with Crippen LogP contribution in [0.15, 0.2) is 84.9 Å². The maximum Gasteiger partial charge on any atom is 0.372 e. The van der Waals surface area contributed by atoms with Crippen molar-refractivity contribution < 1.29 is 9.90 Å². The lowest BCUT2D eigenvalue weighted by molar-refractivity contribution is 0.0684. The first-order valence-corrected chi connectivity index (χ1v) is 11.2. The Bertz CT molecular complexity index is 1100. The summed E-state index contributed by atoms with van der Waals surface area (Å²) in [7, 11) is -2.39. The standard InChI is InChI=1S/C24H21N2O2P/c1-17-13-15-21(16-14-17)29(19-9-5-3-6-10-19,20-11-7-4-8-12-20)23-18(2)25-22(26-23)24(27)28/h3-16H,1-2H3,(H-,25,26,27,28)/p+1. The first kappa shape index (κ1) is 19.1. The summed E-state index contributed by atoms with van der Waals surface area (Å²) in [6.45, 7) is 3.97. The van der Waals surface area contributed by atoms with E-state index in [1.165, 1.54) is 5.56 Å². The Morgan fingerprint density at radius 3 is 1.72 bits per heavy atom. The Labute approximate surface area is 170 Å². The molecule has 2 N–H and O–H groups in total. The summed E-state index contributed by atoms with van der Waals surface area (Å²) in [6, 6.07) is 29.1. The zero-order valence-corrected chi connectivity index (χ0v) is 17.2. The molecule has 1 heterocycles. The van der Waals surface area contributed by atoms with Crippen LogP contribution < -0.4 is 21.3 Å². The van der Waals surface area contributed by atoms with Crippen LogP contribution in [0.1, 0.15) is 21.9 Å². The predicted molar refractivity (Wildman–Crippen MR) is 120 cm³/mol. The van der Waals surface area contributed by atoms with E-state index < -0.39 is 13.2 Å².